The molecule has 1 N–H and O–H groups in total. The van der Waals surface area contributed by atoms with Gasteiger partial charge >= 0.3 is 0 Å². The molecule has 3 aromatic rings. The molecule has 22 heavy (non-hydrogen) atoms. The van der Waals surface area contributed by atoms with Crippen LogP contribution in [0.3, 0.4) is 0 Å². The summed E-state index contributed by atoms with van der Waals surface area (Å²) >= 11 is 0. The minimum absolute atomic E-state index is 0.0587. The zero-order valence-electron chi connectivity index (χ0n) is 11.5. The fraction of sp³-hybridized carbons (Fsp3) is 0. The highest BCUT2D eigenvalue weighted by Gasteiger charge is 2.03. The van der Waals surface area contributed by atoms with Crippen molar-refractivity contribution in [2.45, 2.75) is 0 Å². The summed E-state index contributed by atoms with van der Waals surface area (Å²) in [5.74, 6) is 0. The Hall–Kier alpha value is -3.28. The molecule has 108 valence electrons. The molecule has 0 amide bonds. The van der Waals surface area contributed by atoms with E-state index in [0.29, 0.717) is 0 Å². The van der Waals surface area contributed by atoms with Crippen molar-refractivity contribution in [3.05, 3.63) is 76.5 Å². The highest BCUT2D eigenvalue weighted by molar-refractivity contribution is 5.90. The van der Waals surface area contributed by atoms with Gasteiger partial charge in [0.2, 0.25) is 0 Å². The van der Waals surface area contributed by atoms with Crippen LogP contribution in [-0.4, -0.2) is 16.1 Å². The number of non-ortho nitro benzene ring substituents is 1. The Morgan fingerprint density at radius 2 is 1.86 bits per heavy atom. The predicted molar refractivity (Wildman–Crippen MR) is 86.1 cm³/mol. The van der Waals surface area contributed by atoms with E-state index in [2.05, 4.69) is 15.5 Å². The molecule has 0 aliphatic heterocycles. The average Bonchev–Trinajstić information content (AvgIpc) is 2.55. The number of nitro benzene ring substituents is 1. The number of anilines is 1. The molecule has 2 aromatic carbocycles. The number of aromatic nitrogens is 1. The molecule has 3 rings (SSSR count). The molecular weight excluding hydrogens is 280 g/mol. The number of rotatable bonds is 4. The monoisotopic (exact) mass is 292 g/mol. The van der Waals surface area contributed by atoms with Crippen molar-refractivity contribution in [2.75, 3.05) is 5.43 Å². The lowest BCUT2D eigenvalue weighted by atomic mass is 10.2. The lowest BCUT2D eigenvalue weighted by Crippen LogP contribution is -1.93. The molecule has 0 aliphatic carbocycles. The maximum Gasteiger partial charge on any atom is 0.269 e. The molecule has 0 spiro atoms. The molecule has 0 aliphatic rings. The molecule has 0 bridgehead atoms. The number of hydrogen-bond donors (Lipinski definition) is 1. The van der Waals surface area contributed by atoms with Crippen LogP contribution in [0.4, 0.5) is 11.4 Å². The number of hydrogen-bond acceptors (Lipinski definition) is 5. The van der Waals surface area contributed by atoms with Gasteiger partial charge in [0, 0.05) is 23.7 Å². The molecule has 1 heterocycles. The van der Waals surface area contributed by atoms with E-state index in [0.717, 1.165) is 22.2 Å². The van der Waals surface area contributed by atoms with Crippen molar-refractivity contribution in [1.29, 1.82) is 0 Å². The maximum absolute atomic E-state index is 10.6. The second-order valence-corrected chi connectivity index (χ2v) is 4.60. The molecular formula is C16H12N4O2. The van der Waals surface area contributed by atoms with Gasteiger partial charge in [-0.15, -0.1) is 0 Å². The first-order valence-electron chi connectivity index (χ1n) is 6.61. The van der Waals surface area contributed by atoms with E-state index in [-0.39, 0.29) is 5.69 Å². The van der Waals surface area contributed by atoms with Crippen LogP contribution in [-0.2, 0) is 0 Å². The van der Waals surface area contributed by atoms with Gasteiger partial charge in [-0.3, -0.25) is 20.5 Å². The topological polar surface area (TPSA) is 80.4 Å². The quantitative estimate of drug-likeness (QED) is 0.452. The first-order valence-corrected chi connectivity index (χ1v) is 6.61. The fourth-order valence-electron chi connectivity index (χ4n) is 2.05. The van der Waals surface area contributed by atoms with E-state index in [1.54, 1.807) is 24.5 Å². The third-order valence-electron chi connectivity index (χ3n) is 3.14. The van der Waals surface area contributed by atoms with Gasteiger partial charge in [0.05, 0.1) is 22.3 Å². The molecule has 6 nitrogen and oxygen atoms in total. The maximum atomic E-state index is 10.6. The van der Waals surface area contributed by atoms with E-state index in [9.17, 15) is 10.1 Å². The van der Waals surface area contributed by atoms with Crippen LogP contribution in [0, 0.1) is 10.1 Å². The predicted octanol–water partition coefficient (Wildman–Crippen LogP) is 3.59. The van der Waals surface area contributed by atoms with Crippen LogP contribution >= 0.6 is 0 Å². The van der Waals surface area contributed by atoms with Crippen molar-refractivity contribution in [1.82, 2.24) is 4.98 Å². The molecule has 0 saturated heterocycles. The van der Waals surface area contributed by atoms with Gasteiger partial charge in [-0.05, 0) is 29.8 Å². The Morgan fingerprint density at radius 3 is 2.64 bits per heavy atom. The molecule has 0 atom stereocenters. The number of benzene rings is 2. The summed E-state index contributed by atoms with van der Waals surface area (Å²) in [5.41, 5.74) is 5.42. The Balaban J connectivity index is 1.77. The van der Waals surface area contributed by atoms with Gasteiger partial charge in [0.15, 0.2) is 0 Å². The van der Waals surface area contributed by atoms with E-state index in [4.69, 9.17) is 0 Å². The van der Waals surface area contributed by atoms with Crippen molar-refractivity contribution >= 4 is 28.5 Å². The van der Waals surface area contributed by atoms with Crippen LogP contribution in [0.5, 0.6) is 0 Å². The Kier molecular flexibility index (Phi) is 3.74. The lowest BCUT2D eigenvalue weighted by molar-refractivity contribution is -0.384. The van der Waals surface area contributed by atoms with Crippen molar-refractivity contribution < 1.29 is 4.92 Å². The van der Waals surface area contributed by atoms with Crippen molar-refractivity contribution in [3.8, 4) is 0 Å². The molecule has 0 unspecified atom stereocenters. The van der Waals surface area contributed by atoms with Crippen LogP contribution in [0.1, 0.15) is 5.56 Å². The van der Waals surface area contributed by atoms with Gasteiger partial charge < -0.3 is 0 Å². The molecule has 0 radical (unpaired) electrons. The Bertz CT molecular complexity index is 839. The number of nitrogens with zero attached hydrogens (tertiary/aromatic N) is 3. The number of nitrogens with one attached hydrogen (secondary N) is 1. The van der Waals surface area contributed by atoms with Crippen LogP contribution < -0.4 is 5.43 Å². The zero-order valence-corrected chi connectivity index (χ0v) is 11.5. The van der Waals surface area contributed by atoms with E-state index in [1.165, 1.54) is 12.1 Å². The largest absolute Gasteiger partial charge is 0.276 e. The summed E-state index contributed by atoms with van der Waals surface area (Å²) in [6.07, 6.45) is 3.33. The van der Waals surface area contributed by atoms with Gasteiger partial charge in [0.1, 0.15) is 0 Å². The van der Waals surface area contributed by atoms with Crippen LogP contribution in [0.25, 0.3) is 10.9 Å². The van der Waals surface area contributed by atoms with E-state index in [1.807, 2.05) is 30.3 Å². The van der Waals surface area contributed by atoms with E-state index >= 15 is 0 Å². The number of nitro groups is 1. The van der Waals surface area contributed by atoms with Crippen molar-refractivity contribution in [2.24, 2.45) is 5.10 Å². The van der Waals surface area contributed by atoms with Gasteiger partial charge in [-0.1, -0.05) is 18.2 Å². The fourth-order valence-corrected chi connectivity index (χ4v) is 2.05. The third-order valence-corrected chi connectivity index (χ3v) is 3.14. The number of fused-ring (bicyclic) bond motifs is 1. The van der Waals surface area contributed by atoms with Gasteiger partial charge in [-0.25, -0.2) is 0 Å². The average molecular weight is 292 g/mol. The number of hydrazone groups is 1. The summed E-state index contributed by atoms with van der Waals surface area (Å²) in [6.45, 7) is 0. The number of para-hydroxylation sites is 1. The van der Waals surface area contributed by atoms with Crippen molar-refractivity contribution in [3.63, 3.8) is 0 Å². The SMILES string of the molecule is O=[N+]([O-])c1ccc(/C=N\Nc2cccc3cccnc23)cc1. The number of pyridine rings is 1. The summed E-state index contributed by atoms with van der Waals surface area (Å²) in [7, 11) is 0. The smallest absolute Gasteiger partial charge is 0.269 e. The molecule has 1 aromatic heterocycles. The standard InChI is InChI=1S/C16H12N4O2/c21-20(22)14-8-6-12(7-9-14)11-18-19-15-5-1-3-13-4-2-10-17-16(13)15/h1-11,19H/b18-11-. The normalized spacial score (nSPS) is 10.9. The summed E-state index contributed by atoms with van der Waals surface area (Å²) < 4.78 is 0. The Morgan fingerprint density at radius 1 is 1.09 bits per heavy atom. The lowest BCUT2D eigenvalue weighted by Gasteiger charge is -2.04. The summed E-state index contributed by atoms with van der Waals surface area (Å²) in [6, 6.07) is 15.8. The first-order chi connectivity index (χ1) is 10.7. The van der Waals surface area contributed by atoms with Gasteiger partial charge in [0.25, 0.3) is 5.69 Å². The highest BCUT2D eigenvalue weighted by Crippen LogP contribution is 2.20. The molecule has 6 heteroatoms. The summed E-state index contributed by atoms with van der Waals surface area (Å²) in [5, 5.41) is 15.8. The minimum atomic E-state index is -0.430. The van der Waals surface area contributed by atoms with Gasteiger partial charge in [-0.2, -0.15) is 5.10 Å². The zero-order chi connectivity index (χ0) is 15.4. The van der Waals surface area contributed by atoms with Crippen LogP contribution in [0.2, 0.25) is 0 Å². The second kappa shape index (κ2) is 6.01. The molecule has 0 saturated carbocycles. The Labute approximate surface area is 126 Å². The van der Waals surface area contributed by atoms with Crippen LogP contribution in [0.15, 0.2) is 65.9 Å². The van der Waals surface area contributed by atoms with E-state index < -0.39 is 4.92 Å². The highest BCUT2D eigenvalue weighted by atomic mass is 16.6. The second-order valence-electron chi connectivity index (χ2n) is 4.60. The third kappa shape index (κ3) is 2.90. The minimum Gasteiger partial charge on any atom is -0.276 e. The first kappa shape index (κ1) is 13.7. The molecule has 0 fully saturated rings. The summed E-state index contributed by atoms with van der Waals surface area (Å²) in [4.78, 5) is 14.5.